The Bertz CT molecular complexity index is 509. The fourth-order valence-corrected chi connectivity index (χ4v) is 1.75. The molecule has 0 N–H and O–H groups in total. The first-order chi connectivity index (χ1) is 7.20. The van der Waals surface area contributed by atoms with Crippen LogP contribution < -0.4 is 4.18 Å². The van der Waals surface area contributed by atoms with Gasteiger partial charge in [-0.25, -0.2) is 4.98 Å². The summed E-state index contributed by atoms with van der Waals surface area (Å²) in [4.78, 5) is 6.53. The Labute approximate surface area is 105 Å². The van der Waals surface area contributed by atoms with Crippen LogP contribution in [-0.4, -0.2) is 24.6 Å². The number of alkyl halides is 1. The Hall–Kier alpha value is -0.470. The molecule has 16 heavy (non-hydrogen) atoms. The maximum absolute atomic E-state index is 13.6. The van der Waals surface area contributed by atoms with Gasteiger partial charge in [0, 0.05) is 0 Å². The second kappa shape index (κ2) is 4.80. The molecule has 1 aromatic rings. The van der Waals surface area contributed by atoms with Crippen molar-refractivity contribution in [3.63, 3.8) is 0 Å². The highest BCUT2D eigenvalue weighted by molar-refractivity contribution is 9.09. The van der Waals surface area contributed by atoms with E-state index in [2.05, 4.69) is 30.1 Å². The molecule has 0 aliphatic rings. The van der Waals surface area contributed by atoms with Crippen LogP contribution in [0.2, 0.25) is 5.28 Å². The van der Waals surface area contributed by atoms with Gasteiger partial charge in [0.1, 0.15) is 0 Å². The monoisotopic (exact) mass is 332 g/mol. The molecule has 0 aromatic carbocycles. The van der Waals surface area contributed by atoms with Gasteiger partial charge in [0.15, 0.2) is 0 Å². The van der Waals surface area contributed by atoms with E-state index in [1.165, 1.54) is 0 Å². The molecular formula is C7H7BrClFN2O3S. The van der Waals surface area contributed by atoms with Crippen molar-refractivity contribution < 1.29 is 17.0 Å². The maximum Gasteiger partial charge on any atom is 0.307 e. The van der Waals surface area contributed by atoms with Crippen LogP contribution in [0.1, 0.15) is 17.4 Å². The van der Waals surface area contributed by atoms with Crippen molar-refractivity contribution >= 4 is 37.6 Å². The van der Waals surface area contributed by atoms with Crippen molar-refractivity contribution in [3.8, 4) is 5.88 Å². The van der Waals surface area contributed by atoms with Crippen LogP contribution in [0.15, 0.2) is 0 Å². The molecule has 90 valence electrons. The zero-order chi connectivity index (χ0) is 12.5. The van der Waals surface area contributed by atoms with Crippen molar-refractivity contribution in [2.45, 2.75) is 11.8 Å². The average Bonchev–Trinajstić information content (AvgIpc) is 2.07. The lowest BCUT2D eigenvalue weighted by molar-refractivity contribution is 0.446. The molecule has 0 saturated carbocycles. The molecule has 1 heterocycles. The van der Waals surface area contributed by atoms with Crippen LogP contribution in [0, 0.1) is 5.82 Å². The van der Waals surface area contributed by atoms with E-state index >= 15 is 0 Å². The van der Waals surface area contributed by atoms with E-state index in [9.17, 15) is 12.8 Å². The van der Waals surface area contributed by atoms with Crippen molar-refractivity contribution in [1.82, 2.24) is 9.97 Å². The van der Waals surface area contributed by atoms with Gasteiger partial charge in [0.25, 0.3) is 5.88 Å². The first-order valence-corrected chi connectivity index (χ1v) is 7.08. The lowest BCUT2D eigenvalue weighted by Gasteiger charge is -2.08. The summed E-state index contributed by atoms with van der Waals surface area (Å²) in [5, 5.41) is -0.290. The van der Waals surface area contributed by atoms with E-state index in [0.29, 0.717) is 0 Å². The topological polar surface area (TPSA) is 69.2 Å². The van der Waals surface area contributed by atoms with E-state index in [1.54, 1.807) is 6.92 Å². The van der Waals surface area contributed by atoms with E-state index in [-0.39, 0.29) is 11.0 Å². The highest BCUT2D eigenvalue weighted by atomic mass is 79.9. The lowest BCUT2D eigenvalue weighted by atomic mass is 10.3. The zero-order valence-electron chi connectivity index (χ0n) is 8.24. The van der Waals surface area contributed by atoms with Gasteiger partial charge < -0.3 is 4.18 Å². The number of rotatable bonds is 3. The smallest absolute Gasteiger partial charge is 0.307 e. The van der Waals surface area contributed by atoms with Crippen LogP contribution in [-0.2, 0) is 10.1 Å². The molecule has 1 unspecified atom stereocenters. The van der Waals surface area contributed by atoms with E-state index in [1.807, 2.05) is 0 Å². The predicted octanol–water partition coefficient (Wildman–Crippen LogP) is 2.06. The van der Waals surface area contributed by atoms with Crippen molar-refractivity contribution in [1.29, 1.82) is 0 Å². The molecule has 0 spiro atoms. The van der Waals surface area contributed by atoms with Crippen LogP contribution in [0.3, 0.4) is 0 Å². The summed E-state index contributed by atoms with van der Waals surface area (Å²) >= 11 is 8.60. The molecule has 0 saturated heterocycles. The molecule has 5 nitrogen and oxygen atoms in total. The average molecular weight is 334 g/mol. The maximum atomic E-state index is 13.6. The number of hydrogen-bond donors (Lipinski definition) is 0. The second-order valence-electron chi connectivity index (χ2n) is 2.90. The molecule has 1 aromatic heterocycles. The molecule has 9 heteroatoms. The van der Waals surface area contributed by atoms with Crippen molar-refractivity contribution in [2.24, 2.45) is 0 Å². The number of nitrogens with zero attached hydrogens (tertiary/aromatic N) is 2. The molecule has 1 rings (SSSR count). The standard InChI is InChI=1S/C7H7BrClFN2O3S/c1-3(8)5-4(10)6(12-7(9)11-5)15-16(2,13)14/h3H,1-2H3. The predicted molar refractivity (Wildman–Crippen MR) is 59.8 cm³/mol. The van der Waals surface area contributed by atoms with Gasteiger partial charge in [-0.3, -0.25) is 0 Å². The van der Waals surface area contributed by atoms with Crippen LogP contribution in [0.4, 0.5) is 4.39 Å². The number of hydrogen-bond acceptors (Lipinski definition) is 5. The fourth-order valence-electron chi connectivity index (χ4n) is 0.878. The van der Waals surface area contributed by atoms with Crippen LogP contribution in [0.25, 0.3) is 0 Å². The molecule has 0 amide bonds. The van der Waals surface area contributed by atoms with Gasteiger partial charge in [0.2, 0.25) is 11.1 Å². The molecule has 0 aliphatic heterocycles. The first-order valence-electron chi connectivity index (χ1n) is 3.97. The summed E-state index contributed by atoms with van der Waals surface area (Å²) in [5.41, 5.74) is -0.0707. The minimum atomic E-state index is -3.86. The summed E-state index contributed by atoms with van der Waals surface area (Å²) in [6, 6.07) is 0. The molecule has 0 fully saturated rings. The van der Waals surface area contributed by atoms with Crippen LogP contribution >= 0.6 is 27.5 Å². The third-order valence-electron chi connectivity index (χ3n) is 1.43. The highest BCUT2D eigenvalue weighted by Crippen LogP contribution is 2.28. The Morgan fingerprint density at radius 1 is 1.50 bits per heavy atom. The van der Waals surface area contributed by atoms with E-state index in [0.717, 1.165) is 6.26 Å². The third kappa shape index (κ3) is 3.53. The van der Waals surface area contributed by atoms with Crippen molar-refractivity contribution in [2.75, 3.05) is 6.26 Å². The molecular weight excluding hydrogens is 327 g/mol. The summed E-state index contributed by atoms with van der Waals surface area (Å²) in [5.74, 6) is -1.66. The molecule has 1 atom stereocenters. The van der Waals surface area contributed by atoms with Crippen LogP contribution in [0.5, 0.6) is 5.88 Å². The minimum Gasteiger partial charge on any atom is -0.358 e. The number of halogens is 3. The molecule has 0 aliphatic carbocycles. The van der Waals surface area contributed by atoms with Gasteiger partial charge in [-0.1, -0.05) is 15.9 Å². The quantitative estimate of drug-likeness (QED) is 0.481. The Balaban J connectivity index is 3.30. The summed E-state index contributed by atoms with van der Waals surface area (Å²) < 4.78 is 39.7. The largest absolute Gasteiger partial charge is 0.358 e. The molecule has 0 radical (unpaired) electrons. The fraction of sp³-hybridized carbons (Fsp3) is 0.429. The van der Waals surface area contributed by atoms with Crippen molar-refractivity contribution in [3.05, 3.63) is 16.8 Å². The summed E-state index contributed by atoms with van der Waals surface area (Å²) in [7, 11) is -3.86. The minimum absolute atomic E-state index is 0.0707. The lowest BCUT2D eigenvalue weighted by Crippen LogP contribution is -2.11. The molecule has 0 bridgehead atoms. The summed E-state index contributed by atoms with van der Waals surface area (Å²) in [6.45, 7) is 1.60. The Morgan fingerprint density at radius 2 is 2.06 bits per heavy atom. The third-order valence-corrected chi connectivity index (χ3v) is 2.49. The SMILES string of the molecule is CC(Br)c1nc(Cl)nc(OS(C)(=O)=O)c1F. The van der Waals surface area contributed by atoms with Gasteiger partial charge in [-0.15, -0.1) is 0 Å². The normalized spacial score (nSPS) is 13.6. The second-order valence-corrected chi connectivity index (χ2v) is 6.19. The Kier molecular flexibility index (Phi) is 4.08. The van der Waals surface area contributed by atoms with Gasteiger partial charge >= 0.3 is 10.1 Å². The van der Waals surface area contributed by atoms with Gasteiger partial charge in [0.05, 0.1) is 16.8 Å². The first kappa shape index (κ1) is 13.6. The van der Waals surface area contributed by atoms with E-state index in [4.69, 9.17) is 11.6 Å². The Morgan fingerprint density at radius 3 is 2.50 bits per heavy atom. The van der Waals surface area contributed by atoms with Gasteiger partial charge in [-0.05, 0) is 18.5 Å². The van der Waals surface area contributed by atoms with Gasteiger partial charge in [-0.2, -0.15) is 17.8 Å². The zero-order valence-corrected chi connectivity index (χ0v) is 11.4. The van der Waals surface area contributed by atoms with E-state index < -0.39 is 26.6 Å². The number of aromatic nitrogens is 2. The summed E-state index contributed by atoms with van der Waals surface area (Å²) in [6.07, 6.45) is 0.777. The highest BCUT2D eigenvalue weighted by Gasteiger charge is 2.21.